The van der Waals surface area contributed by atoms with Gasteiger partial charge < -0.3 is 9.52 Å². The van der Waals surface area contributed by atoms with Gasteiger partial charge in [-0.05, 0) is 0 Å². The number of hydrogen-bond donors (Lipinski definition) is 1. The molecule has 2 aromatic heterocycles. The first-order chi connectivity index (χ1) is 6.27. The third-order valence-electron chi connectivity index (χ3n) is 1.64. The van der Waals surface area contributed by atoms with Gasteiger partial charge >= 0.3 is 5.97 Å². The van der Waals surface area contributed by atoms with Crippen molar-refractivity contribution >= 4 is 17.1 Å². The zero-order valence-corrected chi connectivity index (χ0v) is 6.60. The molecule has 2 heterocycles. The second-order valence-electron chi connectivity index (χ2n) is 2.53. The SMILES string of the molecule is O=C(O)Cc1nccc2ocnc12. The molecule has 0 saturated heterocycles. The minimum absolute atomic E-state index is 0.135. The Kier molecular flexibility index (Phi) is 1.70. The summed E-state index contributed by atoms with van der Waals surface area (Å²) in [4.78, 5) is 18.2. The van der Waals surface area contributed by atoms with E-state index >= 15 is 0 Å². The molecular formula is C8H6N2O3. The summed E-state index contributed by atoms with van der Waals surface area (Å²) in [5.41, 5.74) is 1.51. The quantitative estimate of drug-likeness (QED) is 0.737. The van der Waals surface area contributed by atoms with E-state index in [1.54, 1.807) is 6.07 Å². The molecule has 0 spiro atoms. The van der Waals surface area contributed by atoms with Gasteiger partial charge in [-0.3, -0.25) is 9.78 Å². The van der Waals surface area contributed by atoms with Crippen molar-refractivity contribution in [3.05, 3.63) is 24.4 Å². The predicted molar refractivity (Wildman–Crippen MR) is 43.1 cm³/mol. The van der Waals surface area contributed by atoms with E-state index in [1.165, 1.54) is 12.6 Å². The fourth-order valence-electron chi connectivity index (χ4n) is 1.12. The van der Waals surface area contributed by atoms with Crippen LogP contribution in [0.25, 0.3) is 11.1 Å². The maximum absolute atomic E-state index is 10.4. The van der Waals surface area contributed by atoms with Gasteiger partial charge in [-0.2, -0.15) is 0 Å². The van der Waals surface area contributed by atoms with Crippen molar-refractivity contribution < 1.29 is 14.3 Å². The minimum Gasteiger partial charge on any atom is -0.481 e. The van der Waals surface area contributed by atoms with E-state index in [4.69, 9.17) is 9.52 Å². The second kappa shape index (κ2) is 2.85. The molecule has 2 rings (SSSR count). The number of carbonyl (C=O) groups is 1. The lowest BCUT2D eigenvalue weighted by molar-refractivity contribution is -0.136. The van der Waals surface area contributed by atoms with Gasteiger partial charge in [0.05, 0.1) is 12.1 Å². The molecule has 0 bridgehead atoms. The van der Waals surface area contributed by atoms with Gasteiger partial charge in [0.15, 0.2) is 12.0 Å². The van der Waals surface area contributed by atoms with Crippen molar-refractivity contribution in [2.75, 3.05) is 0 Å². The summed E-state index contributed by atoms with van der Waals surface area (Å²) in [6.45, 7) is 0. The van der Waals surface area contributed by atoms with E-state index in [2.05, 4.69) is 9.97 Å². The molecule has 1 N–H and O–H groups in total. The van der Waals surface area contributed by atoms with Crippen LogP contribution in [-0.2, 0) is 11.2 Å². The smallest absolute Gasteiger partial charge is 0.309 e. The van der Waals surface area contributed by atoms with E-state index in [0.29, 0.717) is 16.8 Å². The zero-order valence-electron chi connectivity index (χ0n) is 6.60. The lowest BCUT2D eigenvalue weighted by Gasteiger charge is -1.94. The number of hydrogen-bond acceptors (Lipinski definition) is 4. The summed E-state index contributed by atoms with van der Waals surface area (Å²) >= 11 is 0. The largest absolute Gasteiger partial charge is 0.481 e. The normalized spacial score (nSPS) is 10.5. The average molecular weight is 178 g/mol. The molecule has 0 radical (unpaired) electrons. The summed E-state index contributed by atoms with van der Waals surface area (Å²) in [5.74, 6) is -0.928. The molecule has 66 valence electrons. The third-order valence-corrected chi connectivity index (χ3v) is 1.64. The van der Waals surface area contributed by atoms with Crippen LogP contribution in [0.4, 0.5) is 0 Å². The number of pyridine rings is 1. The molecule has 0 aliphatic heterocycles. The summed E-state index contributed by atoms with van der Waals surface area (Å²) < 4.78 is 5.00. The van der Waals surface area contributed by atoms with Crippen molar-refractivity contribution in [1.82, 2.24) is 9.97 Å². The molecule has 0 unspecified atom stereocenters. The Balaban J connectivity index is 2.54. The van der Waals surface area contributed by atoms with Gasteiger partial charge in [0.2, 0.25) is 0 Å². The molecule has 0 atom stereocenters. The molecule has 0 saturated carbocycles. The van der Waals surface area contributed by atoms with E-state index in [9.17, 15) is 4.79 Å². The molecule has 0 amide bonds. The Morgan fingerprint density at radius 1 is 1.54 bits per heavy atom. The molecule has 0 aromatic carbocycles. The van der Waals surface area contributed by atoms with Gasteiger partial charge in [-0.1, -0.05) is 0 Å². The van der Waals surface area contributed by atoms with Crippen LogP contribution in [0.3, 0.4) is 0 Å². The molecule has 0 fully saturated rings. The highest BCUT2D eigenvalue weighted by Gasteiger charge is 2.09. The molecule has 0 aliphatic carbocycles. The highest BCUT2D eigenvalue weighted by molar-refractivity contribution is 5.80. The van der Waals surface area contributed by atoms with Crippen LogP contribution in [0.15, 0.2) is 23.1 Å². The Morgan fingerprint density at radius 2 is 2.38 bits per heavy atom. The van der Waals surface area contributed by atoms with Gasteiger partial charge in [-0.25, -0.2) is 4.98 Å². The van der Waals surface area contributed by atoms with E-state index < -0.39 is 5.97 Å². The minimum atomic E-state index is -0.928. The van der Waals surface area contributed by atoms with Crippen LogP contribution in [0.5, 0.6) is 0 Å². The van der Waals surface area contributed by atoms with Crippen molar-refractivity contribution in [2.45, 2.75) is 6.42 Å². The zero-order chi connectivity index (χ0) is 9.26. The first-order valence-electron chi connectivity index (χ1n) is 3.66. The Hall–Kier alpha value is -1.91. The van der Waals surface area contributed by atoms with E-state index in [-0.39, 0.29) is 6.42 Å². The molecule has 2 aromatic rings. The highest BCUT2D eigenvalue weighted by Crippen LogP contribution is 2.14. The molecule has 5 nitrogen and oxygen atoms in total. The Bertz CT molecular complexity index is 449. The molecule has 0 aliphatic rings. The number of carboxylic acid groups (broad SMARTS) is 1. The van der Waals surface area contributed by atoms with Crippen LogP contribution in [0.2, 0.25) is 0 Å². The van der Waals surface area contributed by atoms with Crippen LogP contribution < -0.4 is 0 Å². The number of fused-ring (bicyclic) bond motifs is 1. The van der Waals surface area contributed by atoms with Gasteiger partial charge in [0, 0.05) is 12.3 Å². The summed E-state index contributed by atoms with van der Waals surface area (Å²) in [5, 5.41) is 8.57. The van der Waals surface area contributed by atoms with Crippen LogP contribution in [0, 0.1) is 0 Å². The monoisotopic (exact) mass is 178 g/mol. The highest BCUT2D eigenvalue weighted by atomic mass is 16.4. The number of nitrogens with zero attached hydrogens (tertiary/aromatic N) is 2. The van der Waals surface area contributed by atoms with Crippen LogP contribution >= 0.6 is 0 Å². The Labute approximate surface area is 73.0 Å². The molecular weight excluding hydrogens is 172 g/mol. The third kappa shape index (κ3) is 1.35. The summed E-state index contributed by atoms with van der Waals surface area (Å²) in [6.07, 6.45) is 2.65. The maximum atomic E-state index is 10.4. The van der Waals surface area contributed by atoms with Crippen LogP contribution in [0.1, 0.15) is 5.69 Å². The lowest BCUT2D eigenvalue weighted by Crippen LogP contribution is -2.02. The van der Waals surface area contributed by atoms with Crippen LogP contribution in [-0.4, -0.2) is 21.0 Å². The molecule has 13 heavy (non-hydrogen) atoms. The summed E-state index contributed by atoms with van der Waals surface area (Å²) in [6, 6.07) is 1.65. The summed E-state index contributed by atoms with van der Waals surface area (Å²) in [7, 11) is 0. The predicted octanol–water partition coefficient (Wildman–Crippen LogP) is 0.850. The number of aliphatic carboxylic acids is 1. The van der Waals surface area contributed by atoms with Gasteiger partial charge in [0.1, 0.15) is 5.52 Å². The number of carboxylic acids is 1. The maximum Gasteiger partial charge on any atom is 0.309 e. The first kappa shape index (κ1) is 7.72. The fourth-order valence-corrected chi connectivity index (χ4v) is 1.12. The van der Waals surface area contributed by atoms with Crippen molar-refractivity contribution in [3.8, 4) is 0 Å². The standard InChI is InChI=1S/C8H6N2O3/c11-7(12)3-5-8-6(1-2-9-5)13-4-10-8/h1-2,4H,3H2,(H,11,12). The average Bonchev–Trinajstić information content (AvgIpc) is 2.51. The number of oxazole rings is 1. The molecule has 5 heteroatoms. The lowest BCUT2D eigenvalue weighted by atomic mass is 10.2. The van der Waals surface area contributed by atoms with E-state index in [0.717, 1.165) is 0 Å². The van der Waals surface area contributed by atoms with Gasteiger partial charge in [0.25, 0.3) is 0 Å². The number of aromatic nitrogens is 2. The van der Waals surface area contributed by atoms with Crippen molar-refractivity contribution in [1.29, 1.82) is 0 Å². The topological polar surface area (TPSA) is 76.2 Å². The van der Waals surface area contributed by atoms with E-state index in [1.807, 2.05) is 0 Å². The van der Waals surface area contributed by atoms with Gasteiger partial charge in [-0.15, -0.1) is 0 Å². The number of rotatable bonds is 2. The van der Waals surface area contributed by atoms with Crippen molar-refractivity contribution in [2.24, 2.45) is 0 Å². The fraction of sp³-hybridized carbons (Fsp3) is 0.125. The Morgan fingerprint density at radius 3 is 3.15 bits per heavy atom. The second-order valence-corrected chi connectivity index (χ2v) is 2.53. The first-order valence-corrected chi connectivity index (χ1v) is 3.66. The van der Waals surface area contributed by atoms with Crippen molar-refractivity contribution in [3.63, 3.8) is 0 Å².